The van der Waals surface area contributed by atoms with Gasteiger partial charge in [0.2, 0.25) is 0 Å². The Labute approximate surface area is 221 Å². The van der Waals surface area contributed by atoms with Crippen LogP contribution in [0.4, 0.5) is 10.5 Å². The van der Waals surface area contributed by atoms with Crippen LogP contribution in [0.3, 0.4) is 0 Å². The molecule has 0 fully saturated rings. The number of nitrogens with zero attached hydrogens (tertiary/aromatic N) is 2. The van der Waals surface area contributed by atoms with E-state index in [-0.39, 0.29) is 34.4 Å². The molecule has 0 saturated heterocycles. The molecule has 0 bridgehead atoms. The second-order valence-electron chi connectivity index (χ2n) is 7.75. The first-order valence-corrected chi connectivity index (χ1v) is 11.5. The van der Waals surface area contributed by atoms with E-state index in [1.165, 1.54) is 37.6 Å². The molecule has 38 heavy (non-hydrogen) atoms. The first kappa shape index (κ1) is 27.9. The number of carbonyl (C=O) groups excluding carboxylic acids is 3. The van der Waals surface area contributed by atoms with Crippen molar-refractivity contribution >= 4 is 41.4 Å². The molecule has 1 aliphatic heterocycles. The van der Waals surface area contributed by atoms with E-state index >= 15 is 0 Å². The maximum atomic E-state index is 12.5. The number of nitro groups is 1. The number of ether oxygens (including phenoxy) is 3. The molecule has 13 nitrogen and oxygen atoms in total. The molecule has 0 spiro atoms. The molecule has 200 valence electrons. The van der Waals surface area contributed by atoms with Gasteiger partial charge in [0, 0.05) is 17.3 Å². The Morgan fingerprint density at radius 1 is 1.24 bits per heavy atom. The molecule has 3 N–H and O–H groups in total. The fourth-order valence-electron chi connectivity index (χ4n) is 3.51. The molecule has 0 saturated carbocycles. The summed E-state index contributed by atoms with van der Waals surface area (Å²) in [5, 5.41) is 20.0. The van der Waals surface area contributed by atoms with Crippen molar-refractivity contribution in [2.24, 2.45) is 5.10 Å². The summed E-state index contributed by atoms with van der Waals surface area (Å²) in [5.74, 6) is -0.708. The highest BCUT2D eigenvalue weighted by Gasteiger charge is 2.32. The lowest BCUT2D eigenvalue weighted by Gasteiger charge is -2.28. The zero-order valence-electron chi connectivity index (χ0n) is 20.6. The summed E-state index contributed by atoms with van der Waals surface area (Å²) in [4.78, 5) is 47.1. The van der Waals surface area contributed by atoms with Crippen LogP contribution in [0, 0.1) is 10.1 Å². The molecule has 3 rings (SSSR count). The van der Waals surface area contributed by atoms with Gasteiger partial charge in [0.05, 0.1) is 36.5 Å². The summed E-state index contributed by atoms with van der Waals surface area (Å²) in [5.41, 5.74) is 3.46. The highest BCUT2D eigenvalue weighted by molar-refractivity contribution is 6.32. The number of carbonyl (C=O) groups is 3. The Balaban J connectivity index is 1.68. The van der Waals surface area contributed by atoms with E-state index in [0.717, 1.165) is 0 Å². The molecule has 0 unspecified atom stereocenters. The monoisotopic (exact) mass is 545 g/mol. The zero-order valence-corrected chi connectivity index (χ0v) is 21.3. The van der Waals surface area contributed by atoms with Crippen LogP contribution in [-0.4, -0.2) is 49.4 Å². The molecule has 1 heterocycles. The van der Waals surface area contributed by atoms with Gasteiger partial charge in [-0.3, -0.25) is 14.9 Å². The number of rotatable bonds is 10. The summed E-state index contributed by atoms with van der Waals surface area (Å²) < 4.78 is 16.0. The van der Waals surface area contributed by atoms with E-state index in [2.05, 4.69) is 21.2 Å². The Bertz CT molecular complexity index is 1330. The van der Waals surface area contributed by atoms with Gasteiger partial charge in [-0.05, 0) is 37.6 Å². The van der Waals surface area contributed by atoms with Crippen molar-refractivity contribution in [3.8, 4) is 11.5 Å². The number of amides is 3. The normalized spacial score (nSPS) is 14.9. The average Bonchev–Trinajstić information content (AvgIpc) is 2.87. The third-order valence-corrected chi connectivity index (χ3v) is 5.53. The van der Waals surface area contributed by atoms with Crippen molar-refractivity contribution in [1.29, 1.82) is 0 Å². The third kappa shape index (κ3) is 6.76. The van der Waals surface area contributed by atoms with E-state index in [4.69, 9.17) is 25.8 Å². The minimum absolute atomic E-state index is 0.0182. The number of allylic oxidation sites excluding steroid dienone is 1. The maximum absolute atomic E-state index is 12.5. The van der Waals surface area contributed by atoms with Crippen molar-refractivity contribution in [2.75, 3.05) is 20.3 Å². The van der Waals surface area contributed by atoms with E-state index in [9.17, 15) is 24.5 Å². The second-order valence-corrected chi connectivity index (χ2v) is 8.16. The fraction of sp³-hybridized carbons (Fsp3) is 0.250. The molecule has 0 aromatic heterocycles. The van der Waals surface area contributed by atoms with E-state index in [1.54, 1.807) is 26.0 Å². The number of hydrazone groups is 1. The highest BCUT2D eigenvalue weighted by atomic mass is 35.5. The van der Waals surface area contributed by atoms with E-state index in [1.807, 2.05) is 0 Å². The number of hydrogen-bond donors (Lipinski definition) is 3. The molecule has 1 atom stereocenters. The smallest absolute Gasteiger partial charge is 0.338 e. The number of halogens is 1. The van der Waals surface area contributed by atoms with Gasteiger partial charge in [0.25, 0.3) is 11.6 Å². The van der Waals surface area contributed by atoms with E-state index in [0.29, 0.717) is 16.8 Å². The lowest BCUT2D eigenvalue weighted by Crippen LogP contribution is -2.45. The van der Waals surface area contributed by atoms with Gasteiger partial charge in [-0.2, -0.15) is 5.10 Å². The van der Waals surface area contributed by atoms with Crippen LogP contribution >= 0.6 is 11.6 Å². The number of esters is 1. The zero-order chi connectivity index (χ0) is 27.8. The fourth-order valence-corrected chi connectivity index (χ4v) is 3.70. The molecule has 0 radical (unpaired) electrons. The number of nitrogens with one attached hydrogen (secondary N) is 3. The summed E-state index contributed by atoms with van der Waals surface area (Å²) >= 11 is 5.77. The van der Waals surface area contributed by atoms with Crippen LogP contribution in [0.5, 0.6) is 11.5 Å². The standard InChI is InChI=1S/C24H24ClN5O8/c1-4-37-23(32)21-13(2)27-24(33)28-22(21)15-6-8-18(19(10-15)36-3)38-12-20(31)29-26-11-14-5-7-16(25)17(9-14)30(34)35/h5-11,22H,4,12H2,1-3H3,(H,29,31)(H2,27,28,33)/b26-11-/t22-/m1/s1. The first-order chi connectivity index (χ1) is 18.1. The minimum Gasteiger partial charge on any atom is -0.493 e. The predicted octanol–water partition coefficient (Wildman–Crippen LogP) is 2.98. The van der Waals surface area contributed by atoms with Gasteiger partial charge < -0.3 is 24.8 Å². The number of benzene rings is 2. The summed E-state index contributed by atoms with van der Waals surface area (Å²) in [6.07, 6.45) is 1.22. The number of methoxy groups -OCH3 is 1. The van der Waals surface area contributed by atoms with Gasteiger partial charge >= 0.3 is 12.0 Å². The van der Waals surface area contributed by atoms with Gasteiger partial charge in [-0.15, -0.1) is 0 Å². The van der Waals surface area contributed by atoms with Crippen molar-refractivity contribution in [2.45, 2.75) is 19.9 Å². The van der Waals surface area contributed by atoms with Crippen LogP contribution in [0.1, 0.15) is 31.0 Å². The molecular formula is C24H24ClN5O8. The van der Waals surface area contributed by atoms with Gasteiger partial charge in [0.15, 0.2) is 18.1 Å². The molecule has 0 aliphatic carbocycles. The summed E-state index contributed by atoms with van der Waals surface area (Å²) in [6, 6.07) is 7.51. The van der Waals surface area contributed by atoms with Crippen LogP contribution in [0.15, 0.2) is 52.8 Å². The van der Waals surface area contributed by atoms with Crippen LogP contribution in [0.2, 0.25) is 5.02 Å². The number of urea groups is 1. The van der Waals surface area contributed by atoms with Crippen molar-refractivity contribution in [3.05, 3.63) is 73.9 Å². The molecule has 14 heteroatoms. The van der Waals surface area contributed by atoms with Crippen molar-refractivity contribution in [1.82, 2.24) is 16.1 Å². The lowest BCUT2D eigenvalue weighted by molar-refractivity contribution is -0.384. The second kappa shape index (κ2) is 12.5. The van der Waals surface area contributed by atoms with Crippen molar-refractivity contribution < 1.29 is 33.5 Å². The van der Waals surface area contributed by atoms with E-state index < -0.39 is 35.5 Å². The van der Waals surface area contributed by atoms with Gasteiger partial charge in [0.1, 0.15) is 5.02 Å². The Hall–Kier alpha value is -4.65. The topological polar surface area (TPSA) is 170 Å². The van der Waals surface area contributed by atoms with Gasteiger partial charge in [-0.1, -0.05) is 23.7 Å². The Kier molecular flexibility index (Phi) is 9.22. The molecule has 3 amide bonds. The Morgan fingerprint density at radius 3 is 2.68 bits per heavy atom. The highest BCUT2D eigenvalue weighted by Crippen LogP contribution is 2.34. The van der Waals surface area contributed by atoms with Crippen LogP contribution in [-0.2, 0) is 14.3 Å². The molecule has 2 aromatic rings. The lowest BCUT2D eigenvalue weighted by atomic mass is 9.95. The third-order valence-electron chi connectivity index (χ3n) is 5.21. The molecular weight excluding hydrogens is 522 g/mol. The average molecular weight is 546 g/mol. The quantitative estimate of drug-likeness (QED) is 0.177. The van der Waals surface area contributed by atoms with Crippen LogP contribution < -0.4 is 25.5 Å². The van der Waals surface area contributed by atoms with Crippen molar-refractivity contribution in [3.63, 3.8) is 0 Å². The number of hydrogen-bond acceptors (Lipinski definition) is 9. The minimum atomic E-state index is -0.799. The maximum Gasteiger partial charge on any atom is 0.338 e. The summed E-state index contributed by atoms with van der Waals surface area (Å²) in [7, 11) is 1.40. The Morgan fingerprint density at radius 2 is 2.00 bits per heavy atom. The predicted molar refractivity (Wildman–Crippen MR) is 136 cm³/mol. The van der Waals surface area contributed by atoms with Crippen LogP contribution in [0.25, 0.3) is 0 Å². The largest absolute Gasteiger partial charge is 0.493 e. The van der Waals surface area contributed by atoms with Gasteiger partial charge in [-0.25, -0.2) is 15.0 Å². The molecule has 1 aliphatic rings. The number of nitro benzene ring substituents is 1. The SMILES string of the molecule is CCOC(=O)C1=C(C)NC(=O)N[C@@H]1c1ccc(OCC(=O)N/N=C\c2ccc(Cl)c([N+](=O)[O-])c2)c(OC)c1. The first-order valence-electron chi connectivity index (χ1n) is 11.2. The summed E-state index contributed by atoms with van der Waals surface area (Å²) in [6.45, 7) is 3.02. The molecule has 2 aromatic carbocycles.